The summed E-state index contributed by atoms with van der Waals surface area (Å²) in [6.07, 6.45) is 1.32. The van der Waals surface area contributed by atoms with Gasteiger partial charge in [0.1, 0.15) is 11.9 Å². The van der Waals surface area contributed by atoms with Crippen molar-refractivity contribution in [2.24, 2.45) is 5.73 Å². The van der Waals surface area contributed by atoms with Crippen LogP contribution in [0.25, 0.3) is 5.83 Å². The third-order valence-corrected chi connectivity index (χ3v) is 4.68. The first-order valence-electron chi connectivity index (χ1n) is 7.43. The topological polar surface area (TPSA) is 49.6 Å². The Morgan fingerprint density at radius 3 is 2.68 bits per heavy atom. The minimum atomic E-state index is -0.733. The first kappa shape index (κ1) is 17.2. The van der Waals surface area contributed by atoms with Gasteiger partial charge in [-0.05, 0) is 60.0 Å². The Balaban J connectivity index is 2.34. The maximum Gasteiger partial charge on any atom is 0.244 e. The van der Waals surface area contributed by atoms with Gasteiger partial charge in [0, 0.05) is 27.9 Å². The van der Waals surface area contributed by atoms with Gasteiger partial charge in [-0.25, -0.2) is 4.39 Å². The number of nitrogens with zero attached hydrogens (tertiary/aromatic N) is 2. The molecule has 0 radical (unpaired) electrons. The molecule has 120 valence electrons. The van der Waals surface area contributed by atoms with Crippen molar-refractivity contribution in [3.8, 4) is 0 Å². The van der Waals surface area contributed by atoms with Gasteiger partial charge in [-0.2, -0.15) is 0 Å². The molecule has 0 saturated carbocycles. The van der Waals surface area contributed by atoms with Crippen LogP contribution in [0, 0.1) is 3.57 Å². The standard InChI is InChI=1S/C16H21FIN3O/c1-3-20(4-2)7-8-21-14-6-5-11(18)9-12(14)13(17)10-15(21)16(19)22/h5-6,9-10,15H,3-4,7-8H2,1-2H3,(H2,19,22). The Morgan fingerprint density at radius 2 is 2.09 bits per heavy atom. The number of carbonyl (C=O) groups is 1. The van der Waals surface area contributed by atoms with Crippen molar-refractivity contribution in [1.82, 2.24) is 4.90 Å². The summed E-state index contributed by atoms with van der Waals surface area (Å²) in [5.41, 5.74) is 6.74. The molecule has 0 aliphatic carbocycles. The van der Waals surface area contributed by atoms with Gasteiger partial charge < -0.3 is 15.5 Å². The van der Waals surface area contributed by atoms with Gasteiger partial charge in [0.05, 0.1) is 0 Å². The van der Waals surface area contributed by atoms with Crippen LogP contribution >= 0.6 is 22.6 Å². The van der Waals surface area contributed by atoms with Crippen LogP contribution in [0.15, 0.2) is 24.3 Å². The molecule has 1 heterocycles. The SMILES string of the molecule is CCN(CC)CCN1c2ccc(I)cc2C(F)=CC1C(N)=O. The molecule has 0 aromatic heterocycles. The molecule has 22 heavy (non-hydrogen) atoms. The Hall–Kier alpha value is -1.15. The molecule has 1 aromatic rings. The molecule has 1 aliphatic heterocycles. The number of hydrogen-bond acceptors (Lipinski definition) is 3. The number of halogens is 2. The summed E-state index contributed by atoms with van der Waals surface area (Å²) in [5, 5.41) is 0. The molecule has 1 unspecified atom stereocenters. The highest BCUT2D eigenvalue weighted by molar-refractivity contribution is 14.1. The number of fused-ring (bicyclic) bond motifs is 1. The zero-order chi connectivity index (χ0) is 16.3. The second kappa shape index (κ2) is 7.41. The number of rotatable bonds is 6. The van der Waals surface area contributed by atoms with Crippen LogP contribution < -0.4 is 10.6 Å². The van der Waals surface area contributed by atoms with E-state index in [1.807, 2.05) is 17.0 Å². The van der Waals surface area contributed by atoms with Crippen LogP contribution in [0.1, 0.15) is 19.4 Å². The van der Waals surface area contributed by atoms with Gasteiger partial charge in [-0.3, -0.25) is 4.79 Å². The monoisotopic (exact) mass is 417 g/mol. The summed E-state index contributed by atoms with van der Waals surface area (Å²) in [7, 11) is 0. The molecule has 1 atom stereocenters. The fourth-order valence-electron chi connectivity index (χ4n) is 2.70. The molecule has 6 heteroatoms. The Bertz CT molecular complexity index is 587. The van der Waals surface area contributed by atoms with Crippen molar-refractivity contribution in [1.29, 1.82) is 0 Å². The second-order valence-corrected chi connectivity index (χ2v) is 6.49. The van der Waals surface area contributed by atoms with Gasteiger partial charge >= 0.3 is 0 Å². The lowest BCUT2D eigenvalue weighted by Crippen LogP contribution is -2.48. The van der Waals surface area contributed by atoms with E-state index in [0.717, 1.165) is 28.9 Å². The maximum absolute atomic E-state index is 14.3. The number of primary amides is 1. The van der Waals surface area contributed by atoms with Crippen LogP contribution in [0.5, 0.6) is 0 Å². The Morgan fingerprint density at radius 1 is 1.41 bits per heavy atom. The average molecular weight is 417 g/mol. The van der Waals surface area contributed by atoms with Gasteiger partial charge in [-0.15, -0.1) is 0 Å². The zero-order valence-electron chi connectivity index (χ0n) is 12.9. The van der Waals surface area contributed by atoms with Crippen LogP contribution in [0.2, 0.25) is 0 Å². The minimum Gasteiger partial charge on any atom is -0.368 e. The van der Waals surface area contributed by atoms with Gasteiger partial charge in [0.25, 0.3) is 0 Å². The lowest BCUT2D eigenvalue weighted by Gasteiger charge is -2.36. The first-order valence-corrected chi connectivity index (χ1v) is 8.51. The van der Waals surface area contributed by atoms with E-state index in [-0.39, 0.29) is 5.83 Å². The third-order valence-electron chi connectivity index (χ3n) is 4.01. The summed E-state index contributed by atoms with van der Waals surface area (Å²) in [5.74, 6) is -0.907. The average Bonchev–Trinajstić information content (AvgIpc) is 2.49. The predicted molar refractivity (Wildman–Crippen MR) is 96.4 cm³/mol. The van der Waals surface area contributed by atoms with E-state index >= 15 is 0 Å². The van der Waals surface area contributed by atoms with Gasteiger partial charge in [0.15, 0.2) is 0 Å². The smallest absolute Gasteiger partial charge is 0.244 e. The fourth-order valence-corrected chi connectivity index (χ4v) is 3.19. The van der Waals surface area contributed by atoms with E-state index in [1.54, 1.807) is 6.07 Å². The molecule has 1 aliphatic rings. The fraction of sp³-hybridized carbons (Fsp3) is 0.438. The van der Waals surface area contributed by atoms with Crippen molar-refractivity contribution in [2.45, 2.75) is 19.9 Å². The number of carbonyl (C=O) groups excluding carboxylic acids is 1. The normalized spacial score (nSPS) is 17.4. The molecule has 0 saturated heterocycles. The number of likely N-dealkylation sites (N-methyl/N-ethyl adjacent to an activating group) is 1. The number of benzene rings is 1. The molecule has 0 spiro atoms. The van der Waals surface area contributed by atoms with Gasteiger partial charge in [-0.1, -0.05) is 13.8 Å². The van der Waals surface area contributed by atoms with Crippen LogP contribution in [-0.2, 0) is 4.79 Å². The number of nitrogens with two attached hydrogens (primary N) is 1. The maximum atomic E-state index is 14.3. The second-order valence-electron chi connectivity index (χ2n) is 5.24. The molecule has 2 N–H and O–H groups in total. The number of amides is 1. The van der Waals surface area contributed by atoms with Crippen LogP contribution in [0.4, 0.5) is 10.1 Å². The molecule has 1 amide bonds. The first-order chi connectivity index (χ1) is 10.5. The molecule has 0 fully saturated rings. The molecule has 2 rings (SSSR count). The highest BCUT2D eigenvalue weighted by Gasteiger charge is 2.30. The molecule has 1 aromatic carbocycles. The van der Waals surface area contributed by atoms with E-state index in [1.165, 1.54) is 6.08 Å². The lowest BCUT2D eigenvalue weighted by atomic mass is 10.0. The van der Waals surface area contributed by atoms with E-state index in [2.05, 4.69) is 41.3 Å². The summed E-state index contributed by atoms with van der Waals surface area (Å²) in [6, 6.07) is 4.84. The third kappa shape index (κ3) is 3.60. The largest absolute Gasteiger partial charge is 0.368 e. The molecular formula is C16H21FIN3O. The van der Waals surface area contributed by atoms with E-state index in [0.29, 0.717) is 12.1 Å². The highest BCUT2D eigenvalue weighted by atomic mass is 127. The summed E-state index contributed by atoms with van der Waals surface area (Å²) in [6.45, 7) is 7.51. The van der Waals surface area contributed by atoms with Gasteiger partial charge in [0.2, 0.25) is 5.91 Å². The summed E-state index contributed by atoms with van der Waals surface area (Å²) in [4.78, 5) is 15.9. The van der Waals surface area contributed by atoms with Crippen LogP contribution in [0.3, 0.4) is 0 Å². The Labute approximate surface area is 144 Å². The van der Waals surface area contributed by atoms with Crippen molar-refractivity contribution >= 4 is 40.0 Å². The molecular weight excluding hydrogens is 396 g/mol. The van der Waals surface area contributed by atoms with Crippen molar-refractivity contribution in [3.63, 3.8) is 0 Å². The predicted octanol–water partition coefficient (Wildman–Crippen LogP) is 2.62. The Kier molecular flexibility index (Phi) is 5.80. The van der Waals surface area contributed by atoms with Crippen molar-refractivity contribution in [2.75, 3.05) is 31.1 Å². The number of anilines is 1. The minimum absolute atomic E-state index is 0.378. The molecule has 4 nitrogen and oxygen atoms in total. The zero-order valence-corrected chi connectivity index (χ0v) is 15.0. The van der Waals surface area contributed by atoms with Crippen molar-refractivity contribution < 1.29 is 9.18 Å². The number of hydrogen-bond donors (Lipinski definition) is 1. The van der Waals surface area contributed by atoms with Crippen LogP contribution in [-0.4, -0.2) is 43.0 Å². The summed E-state index contributed by atoms with van der Waals surface area (Å²) < 4.78 is 15.2. The molecule has 0 bridgehead atoms. The van der Waals surface area contributed by atoms with Crippen molar-refractivity contribution in [3.05, 3.63) is 33.4 Å². The quantitative estimate of drug-likeness (QED) is 0.725. The lowest BCUT2D eigenvalue weighted by molar-refractivity contribution is -0.118. The summed E-state index contributed by atoms with van der Waals surface area (Å²) >= 11 is 2.15. The highest BCUT2D eigenvalue weighted by Crippen LogP contribution is 2.35. The van der Waals surface area contributed by atoms with E-state index in [9.17, 15) is 9.18 Å². The van der Waals surface area contributed by atoms with E-state index < -0.39 is 11.9 Å². The van der Waals surface area contributed by atoms with E-state index in [4.69, 9.17) is 5.73 Å².